The normalized spacial score (nSPS) is 31.0. The number of likely N-dealkylation sites (tertiary alicyclic amines) is 1. The Hall–Kier alpha value is -0.870. The van der Waals surface area contributed by atoms with Crippen LogP contribution in [0, 0.1) is 11.8 Å². The summed E-state index contributed by atoms with van der Waals surface area (Å²) >= 11 is 0. The van der Waals surface area contributed by atoms with Gasteiger partial charge in [0.05, 0.1) is 5.69 Å². The molecule has 2 unspecified atom stereocenters. The van der Waals surface area contributed by atoms with E-state index in [4.69, 9.17) is 0 Å². The van der Waals surface area contributed by atoms with E-state index in [1.807, 2.05) is 17.9 Å². The van der Waals surface area contributed by atoms with Gasteiger partial charge in [0.2, 0.25) is 0 Å². The van der Waals surface area contributed by atoms with Crippen LogP contribution >= 0.6 is 0 Å². The van der Waals surface area contributed by atoms with Crippen LogP contribution in [0.3, 0.4) is 0 Å². The molecule has 0 saturated carbocycles. The van der Waals surface area contributed by atoms with E-state index in [9.17, 15) is 0 Å². The fourth-order valence-corrected chi connectivity index (χ4v) is 2.86. The van der Waals surface area contributed by atoms with Crippen LogP contribution < -0.4 is 5.32 Å². The average molecular weight is 206 g/mol. The largest absolute Gasteiger partial charge is 0.316 e. The highest BCUT2D eigenvalue weighted by atomic mass is 15.3. The van der Waals surface area contributed by atoms with E-state index in [-0.39, 0.29) is 0 Å². The Kier molecular flexibility index (Phi) is 2.25. The first-order valence-electron chi connectivity index (χ1n) is 5.73. The van der Waals surface area contributed by atoms with Crippen LogP contribution in [-0.2, 0) is 13.6 Å². The molecule has 2 fully saturated rings. The molecule has 4 heteroatoms. The lowest BCUT2D eigenvalue weighted by Crippen LogP contribution is -2.25. The minimum absolute atomic E-state index is 0.883. The summed E-state index contributed by atoms with van der Waals surface area (Å²) in [6, 6.07) is 2.12. The van der Waals surface area contributed by atoms with Gasteiger partial charge in [-0.1, -0.05) is 0 Å². The second kappa shape index (κ2) is 3.61. The van der Waals surface area contributed by atoms with E-state index in [1.54, 1.807) is 0 Å². The topological polar surface area (TPSA) is 33.1 Å². The van der Waals surface area contributed by atoms with Crippen molar-refractivity contribution in [3.05, 3.63) is 18.0 Å². The standard InChI is InChI=1S/C11H18N4/c1-14-3-2-11(13-14)8-15-6-9-4-12-5-10(9)7-15/h2-3,9-10,12H,4-8H2,1H3. The molecule has 1 aromatic heterocycles. The van der Waals surface area contributed by atoms with Crippen molar-refractivity contribution in [2.24, 2.45) is 18.9 Å². The monoisotopic (exact) mass is 206 g/mol. The molecule has 2 saturated heterocycles. The number of hydrogen-bond acceptors (Lipinski definition) is 3. The lowest BCUT2D eigenvalue weighted by atomic mass is 10.0. The van der Waals surface area contributed by atoms with Crippen LogP contribution in [0.2, 0.25) is 0 Å². The molecule has 15 heavy (non-hydrogen) atoms. The van der Waals surface area contributed by atoms with Crippen molar-refractivity contribution >= 4 is 0 Å². The van der Waals surface area contributed by atoms with Crippen molar-refractivity contribution in [2.75, 3.05) is 26.2 Å². The van der Waals surface area contributed by atoms with E-state index in [0.717, 1.165) is 18.4 Å². The highest BCUT2D eigenvalue weighted by Crippen LogP contribution is 2.26. The highest BCUT2D eigenvalue weighted by molar-refractivity contribution is 5.00. The van der Waals surface area contributed by atoms with Crippen LogP contribution in [0.25, 0.3) is 0 Å². The Labute approximate surface area is 90.3 Å². The molecular weight excluding hydrogens is 188 g/mol. The number of nitrogens with one attached hydrogen (secondary N) is 1. The average Bonchev–Trinajstić information content (AvgIpc) is 2.81. The molecule has 2 aliphatic heterocycles. The molecule has 82 valence electrons. The third-order valence-corrected chi connectivity index (χ3v) is 3.62. The molecular formula is C11H18N4. The molecule has 3 rings (SSSR count). The number of rotatable bonds is 2. The third kappa shape index (κ3) is 1.79. The molecule has 0 bridgehead atoms. The van der Waals surface area contributed by atoms with Gasteiger partial charge in [0.25, 0.3) is 0 Å². The smallest absolute Gasteiger partial charge is 0.0764 e. The van der Waals surface area contributed by atoms with Gasteiger partial charge in [0.1, 0.15) is 0 Å². The molecule has 1 aromatic rings. The molecule has 2 aliphatic rings. The highest BCUT2D eigenvalue weighted by Gasteiger charge is 2.35. The van der Waals surface area contributed by atoms with Gasteiger partial charge in [-0.2, -0.15) is 5.10 Å². The van der Waals surface area contributed by atoms with Gasteiger partial charge >= 0.3 is 0 Å². The van der Waals surface area contributed by atoms with Gasteiger partial charge in [-0.25, -0.2) is 0 Å². The fraction of sp³-hybridized carbons (Fsp3) is 0.727. The van der Waals surface area contributed by atoms with Crippen LogP contribution in [0.5, 0.6) is 0 Å². The number of hydrogen-bond donors (Lipinski definition) is 1. The second-order valence-corrected chi connectivity index (χ2v) is 4.85. The Bertz CT molecular complexity index is 334. The van der Waals surface area contributed by atoms with Gasteiger partial charge < -0.3 is 5.32 Å². The quantitative estimate of drug-likeness (QED) is 0.743. The van der Waals surface area contributed by atoms with Crippen LogP contribution in [0.15, 0.2) is 12.3 Å². The fourth-order valence-electron chi connectivity index (χ4n) is 2.86. The van der Waals surface area contributed by atoms with E-state index in [2.05, 4.69) is 21.4 Å². The van der Waals surface area contributed by atoms with Crippen molar-refractivity contribution < 1.29 is 0 Å². The third-order valence-electron chi connectivity index (χ3n) is 3.62. The summed E-state index contributed by atoms with van der Waals surface area (Å²) in [5, 5.41) is 7.89. The number of aromatic nitrogens is 2. The zero-order valence-corrected chi connectivity index (χ0v) is 9.19. The molecule has 0 radical (unpaired) electrons. The van der Waals surface area contributed by atoms with Crippen LogP contribution in [0.1, 0.15) is 5.69 Å². The van der Waals surface area contributed by atoms with E-state index < -0.39 is 0 Å². The number of nitrogens with zero attached hydrogens (tertiary/aromatic N) is 3. The maximum atomic E-state index is 4.43. The molecule has 0 amide bonds. The maximum absolute atomic E-state index is 4.43. The molecule has 2 atom stereocenters. The van der Waals surface area contributed by atoms with Crippen molar-refractivity contribution in [1.29, 1.82) is 0 Å². The van der Waals surface area contributed by atoms with Crippen molar-refractivity contribution in [3.8, 4) is 0 Å². The predicted molar refractivity (Wildman–Crippen MR) is 58.3 cm³/mol. The van der Waals surface area contributed by atoms with Crippen LogP contribution in [0.4, 0.5) is 0 Å². The number of aryl methyl sites for hydroxylation is 1. The molecule has 3 heterocycles. The predicted octanol–water partition coefficient (Wildman–Crippen LogP) is 0.0713. The molecule has 0 aromatic carbocycles. The first-order chi connectivity index (χ1) is 7.31. The summed E-state index contributed by atoms with van der Waals surface area (Å²) in [6.45, 7) is 5.93. The maximum Gasteiger partial charge on any atom is 0.0764 e. The summed E-state index contributed by atoms with van der Waals surface area (Å²) in [4.78, 5) is 2.54. The van der Waals surface area contributed by atoms with Gasteiger partial charge in [-0.05, 0) is 31.0 Å². The summed E-state index contributed by atoms with van der Waals surface area (Å²) in [7, 11) is 1.98. The first-order valence-corrected chi connectivity index (χ1v) is 5.73. The summed E-state index contributed by atoms with van der Waals surface area (Å²) < 4.78 is 1.88. The lowest BCUT2D eigenvalue weighted by Gasteiger charge is -2.14. The van der Waals surface area contributed by atoms with Gasteiger partial charge in [0.15, 0.2) is 0 Å². The summed E-state index contributed by atoms with van der Waals surface area (Å²) in [5.41, 5.74) is 1.20. The Morgan fingerprint density at radius 3 is 2.73 bits per heavy atom. The zero-order chi connectivity index (χ0) is 10.3. The minimum Gasteiger partial charge on any atom is -0.316 e. The molecule has 0 spiro atoms. The van der Waals surface area contributed by atoms with Gasteiger partial charge in [-0.15, -0.1) is 0 Å². The van der Waals surface area contributed by atoms with E-state index in [1.165, 1.54) is 31.9 Å². The minimum atomic E-state index is 0.883. The summed E-state index contributed by atoms with van der Waals surface area (Å²) in [6.07, 6.45) is 2.02. The Balaban J connectivity index is 1.61. The van der Waals surface area contributed by atoms with E-state index in [0.29, 0.717) is 0 Å². The molecule has 0 aliphatic carbocycles. The summed E-state index contributed by atoms with van der Waals surface area (Å²) in [5.74, 6) is 1.77. The van der Waals surface area contributed by atoms with Gasteiger partial charge in [0, 0.05) is 32.9 Å². The van der Waals surface area contributed by atoms with Crippen molar-refractivity contribution in [1.82, 2.24) is 20.0 Å². The Morgan fingerprint density at radius 2 is 2.13 bits per heavy atom. The number of fused-ring (bicyclic) bond motifs is 1. The molecule has 1 N–H and O–H groups in total. The first kappa shape index (κ1) is 9.36. The van der Waals surface area contributed by atoms with Gasteiger partial charge in [-0.3, -0.25) is 9.58 Å². The van der Waals surface area contributed by atoms with E-state index >= 15 is 0 Å². The lowest BCUT2D eigenvalue weighted by molar-refractivity contribution is 0.301. The van der Waals surface area contributed by atoms with Crippen LogP contribution in [-0.4, -0.2) is 40.9 Å². The Morgan fingerprint density at radius 1 is 1.40 bits per heavy atom. The van der Waals surface area contributed by atoms with Crippen molar-refractivity contribution in [3.63, 3.8) is 0 Å². The molecule has 4 nitrogen and oxygen atoms in total. The van der Waals surface area contributed by atoms with Crippen molar-refractivity contribution in [2.45, 2.75) is 6.54 Å². The second-order valence-electron chi connectivity index (χ2n) is 4.85. The zero-order valence-electron chi connectivity index (χ0n) is 9.19. The SMILES string of the molecule is Cn1ccc(CN2CC3CNCC3C2)n1.